The van der Waals surface area contributed by atoms with Crippen LogP contribution in [0.25, 0.3) is 22.5 Å². The van der Waals surface area contributed by atoms with Crippen LogP contribution in [0.3, 0.4) is 0 Å². The van der Waals surface area contributed by atoms with Gasteiger partial charge < -0.3 is 10.2 Å². The number of fused-ring (bicyclic) bond motifs is 3. The Morgan fingerprint density at radius 3 is 2.70 bits per heavy atom. The lowest BCUT2D eigenvalue weighted by Gasteiger charge is -2.24. The van der Waals surface area contributed by atoms with E-state index in [-0.39, 0.29) is 5.91 Å². The Balaban J connectivity index is 1.79. The molecule has 138 valence electrons. The highest BCUT2D eigenvalue weighted by molar-refractivity contribution is 5.94. The van der Waals surface area contributed by atoms with E-state index in [2.05, 4.69) is 64.6 Å². The first-order valence-electron chi connectivity index (χ1n) is 9.44. The first kappa shape index (κ1) is 17.3. The maximum atomic E-state index is 11.6. The van der Waals surface area contributed by atoms with Gasteiger partial charge >= 0.3 is 0 Å². The number of H-pyrrole nitrogens is 1. The van der Waals surface area contributed by atoms with Crippen molar-refractivity contribution in [1.29, 1.82) is 0 Å². The highest BCUT2D eigenvalue weighted by atomic mass is 16.1. The van der Waals surface area contributed by atoms with Gasteiger partial charge in [0, 0.05) is 43.1 Å². The Morgan fingerprint density at radius 1 is 1.19 bits per heavy atom. The minimum Gasteiger partial charge on any atom is -0.370 e. The van der Waals surface area contributed by atoms with Gasteiger partial charge in [0.1, 0.15) is 0 Å². The smallest absolute Gasteiger partial charge is 0.221 e. The lowest BCUT2D eigenvalue weighted by molar-refractivity contribution is -0.114. The number of hydrogen-bond donors (Lipinski definition) is 2. The molecule has 0 aliphatic heterocycles. The second-order valence-corrected chi connectivity index (χ2v) is 6.85. The van der Waals surface area contributed by atoms with Crippen LogP contribution in [0.15, 0.2) is 42.5 Å². The molecule has 0 spiro atoms. The van der Waals surface area contributed by atoms with Gasteiger partial charge in [-0.25, -0.2) is 0 Å². The van der Waals surface area contributed by atoms with E-state index in [0.29, 0.717) is 0 Å². The first-order valence-corrected chi connectivity index (χ1v) is 9.44. The number of benzene rings is 2. The summed E-state index contributed by atoms with van der Waals surface area (Å²) in [5.41, 5.74) is 8.86. The van der Waals surface area contributed by atoms with E-state index in [4.69, 9.17) is 0 Å². The second kappa shape index (κ2) is 6.91. The molecule has 1 amide bonds. The molecule has 1 aromatic heterocycles. The molecule has 3 aromatic rings. The summed E-state index contributed by atoms with van der Waals surface area (Å²) in [5, 5.41) is 10.8. The Kier molecular flexibility index (Phi) is 4.44. The topological polar surface area (TPSA) is 61.0 Å². The number of hydrogen-bond acceptors (Lipinski definition) is 3. The first-order chi connectivity index (χ1) is 13.1. The third kappa shape index (κ3) is 2.99. The molecule has 0 fully saturated rings. The molecule has 27 heavy (non-hydrogen) atoms. The quantitative estimate of drug-likeness (QED) is 0.553. The van der Waals surface area contributed by atoms with Crippen LogP contribution in [0.2, 0.25) is 0 Å². The molecule has 0 radical (unpaired) electrons. The van der Waals surface area contributed by atoms with Crippen molar-refractivity contribution in [2.75, 3.05) is 23.3 Å². The van der Waals surface area contributed by atoms with E-state index in [0.717, 1.165) is 47.8 Å². The maximum Gasteiger partial charge on any atom is 0.221 e. The van der Waals surface area contributed by atoms with E-state index in [1.54, 1.807) is 0 Å². The van der Waals surface area contributed by atoms with Crippen LogP contribution in [0.5, 0.6) is 0 Å². The number of nitrogens with zero attached hydrogens (tertiary/aromatic N) is 2. The maximum absolute atomic E-state index is 11.6. The van der Waals surface area contributed by atoms with Gasteiger partial charge in [-0.05, 0) is 31.5 Å². The van der Waals surface area contributed by atoms with Crippen molar-refractivity contribution in [3.8, 4) is 22.5 Å². The SMILES string of the molecule is CCN(CC)c1cc(-c2n[nH]c3c2Cc2ccccc2-3)ccc1NC(C)=O. The number of anilines is 2. The highest BCUT2D eigenvalue weighted by Gasteiger charge is 2.25. The zero-order valence-electron chi connectivity index (χ0n) is 16.0. The molecule has 2 aromatic carbocycles. The molecule has 1 aliphatic rings. The molecule has 0 atom stereocenters. The van der Waals surface area contributed by atoms with Crippen molar-refractivity contribution < 1.29 is 4.79 Å². The van der Waals surface area contributed by atoms with E-state index >= 15 is 0 Å². The van der Waals surface area contributed by atoms with E-state index < -0.39 is 0 Å². The van der Waals surface area contributed by atoms with Crippen LogP contribution >= 0.6 is 0 Å². The Hall–Kier alpha value is -3.08. The van der Waals surface area contributed by atoms with Crippen molar-refractivity contribution in [1.82, 2.24) is 10.2 Å². The van der Waals surface area contributed by atoms with Gasteiger partial charge in [0.05, 0.1) is 22.8 Å². The number of nitrogens with one attached hydrogen (secondary N) is 2. The molecular weight excluding hydrogens is 336 g/mol. The van der Waals surface area contributed by atoms with Gasteiger partial charge in [0.2, 0.25) is 5.91 Å². The molecule has 4 rings (SSSR count). The van der Waals surface area contributed by atoms with Crippen LogP contribution in [0.4, 0.5) is 11.4 Å². The fourth-order valence-corrected chi connectivity index (χ4v) is 3.91. The summed E-state index contributed by atoms with van der Waals surface area (Å²) in [5.74, 6) is -0.0627. The van der Waals surface area contributed by atoms with Gasteiger partial charge in [-0.2, -0.15) is 5.10 Å². The van der Waals surface area contributed by atoms with E-state index in [1.165, 1.54) is 23.6 Å². The predicted octanol–water partition coefficient (Wildman–Crippen LogP) is 4.45. The summed E-state index contributed by atoms with van der Waals surface area (Å²) in [6, 6.07) is 14.6. The number of aromatic amines is 1. The summed E-state index contributed by atoms with van der Waals surface area (Å²) in [6.07, 6.45) is 0.894. The monoisotopic (exact) mass is 360 g/mol. The number of amides is 1. The van der Waals surface area contributed by atoms with Crippen molar-refractivity contribution >= 4 is 17.3 Å². The average molecular weight is 360 g/mol. The van der Waals surface area contributed by atoms with Gasteiger partial charge in [-0.1, -0.05) is 30.3 Å². The van der Waals surface area contributed by atoms with Crippen molar-refractivity contribution in [3.05, 3.63) is 53.6 Å². The average Bonchev–Trinajstić information content (AvgIpc) is 3.23. The normalized spacial score (nSPS) is 11.8. The Morgan fingerprint density at radius 2 is 1.96 bits per heavy atom. The minimum absolute atomic E-state index is 0.0627. The molecule has 0 saturated heterocycles. The summed E-state index contributed by atoms with van der Waals surface area (Å²) in [6.45, 7) is 7.53. The van der Waals surface area contributed by atoms with Crippen LogP contribution < -0.4 is 10.2 Å². The van der Waals surface area contributed by atoms with Crippen LogP contribution in [-0.4, -0.2) is 29.2 Å². The third-order valence-electron chi connectivity index (χ3n) is 5.21. The summed E-state index contributed by atoms with van der Waals surface area (Å²) < 4.78 is 0. The molecule has 1 aliphatic carbocycles. The third-order valence-corrected chi connectivity index (χ3v) is 5.21. The van der Waals surface area contributed by atoms with Crippen molar-refractivity contribution in [3.63, 3.8) is 0 Å². The number of carbonyl (C=O) groups excluding carboxylic acids is 1. The Bertz CT molecular complexity index is 1000. The van der Waals surface area contributed by atoms with Crippen LogP contribution in [0, 0.1) is 0 Å². The summed E-state index contributed by atoms with van der Waals surface area (Å²) in [4.78, 5) is 13.9. The van der Waals surface area contributed by atoms with Crippen molar-refractivity contribution in [2.24, 2.45) is 0 Å². The van der Waals surface area contributed by atoms with Gasteiger partial charge in [-0.15, -0.1) is 0 Å². The minimum atomic E-state index is -0.0627. The molecule has 5 heteroatoms. The lowest BCUT2D eigenvalue weighted by atomic mass is 10.0. The zero-order chi connectivity index (χ0) is 19.0. The van der Waals surface area contributed by atoms with Gasteiger partial charge in [-0.3, -0.25) is 9.89 Å². The molecule has 0 unspecified atom stereocenters. The Labute approximate surface area is 159 Å². The summed E-state index contributed by atoms with van der Waals surface area (Å²) >= 11 is 0. The largest absolute Gasteiger partial charge is 0.370 e. The fraction of sp³-hybridized carbons (Fsp3) is 0.273. The summed E-state index contributed by atoms with van der Waals surface area (Å²) in [7, 11) is 0. The number of aromatic nitrogens is 2. The molecule has 0 bridgehead atoms. The van der Waals surface area contributed by atoms with Crippen LogP contribution in [0.1, 0.15) is 31.9 Å². The molecule has 5 nitrogen and oxygen atoms in total. The van der Waals surface area contributed by atoms with E-state index in [9.17, 15) is 4.79 Å². The number of rotatable bonds is 5. The second-order valence-electron chi connectivity index (χ2n) is 6.85. The van der Waals surface area contributed by atoms with Gasteiger partial charge in [0.25, 0.3) is 0 Å². The molecule has 2 N–H and O–H groups in total. The standard InChI is InChI=1S/C22H24N4O/c1-4-26(5-2)20-13-16(10-11-19(20)23-14(3)27)21-18-12-15-8-6-7-9-17(15)22(18)25-24-21/h6-11,13H,4-5,12H2,1-3H3,(H,23,27)(H,24,25). The predicted molar refractivity (Wildman–Crippen MR) is 110 cm³/mol. The van der Waals surface area contributed by atoms with Crippen molar-refractivity contribution in [2.45, 2.75) is 27.2 Å². The fourth-order valence-electron chi connectivity index (χ4n) is 3.91. The number of carbonyl (C=O) groups is 1. The van der Waals surface area contributed by atoms with E-state index in [1.807, 2.05) is 12.1 Å². The molecule has 0 saturated carbocycles. The van der Waals surface area contributed by atoms with Gasteiger partial charge in [0.15, 0.2) is 0 Å². The molecule has 1 heterocycles. The highest BCUT2D eigenvalue weighted by Crippen LogP contribution is 2.41. The molecular formula is C22H24N4O. The van der Waals surface area contributed by atoms with Crippen LogP contribution in [-0.2, 0) is 11.2 Å². The lowest BCUT2D eigenvalue weighted by Crippen LogP contribution is -2.23. The zero-order valence-corrected chi connectivity index (χ0v) is 16.0.